The molecule has 1 unspecified atom stereocenters. The molecule has 2 aliphatic carbocycles. The third-order valence-electron chi connectivity index (χ3n) is 4.35. The van der Waals surface area contributed by atoms with Gasteiger partial charge in [0.25, 0.3) is 0 Å². The van der Waals surface area contributed by atoms with E-state index in [0.717, 1.165) is 25.7 Å². The molecule has 0 radical (unpaired) electrons. The van der Waals surface area contributed by atoms with Crippen molar-refractivity contribution in [3.05, 3.63) is 35.4 Å². The quantitative estimate of drug-likeness (QED) is 0.772. The molecule has 4 heteroatoms. The van der Waals surface area contributed by atoms with Gasteiger partial charge in [-0.25, -0.2) is 4.79 Å². The molecule has 1 atom stereocenters. The molecule has 1 fully saturated rings. The number of carbonyl (C=O) groups excluding carboxylic acids is 1. The van der Waals surface area contributed by atoms with Crippen molar-refractivity contribution in [2.24, 2.45) is 5.41 Å². The molecule has 0 bridgehead atoms. The number of benzene rings is 1. The number of fused-ring (bicyclic) bond motifs is 1. The van der Waals surface area contributed by atoms with Gasteiger partial charge in [-0.05, 0) is 36.8 Å². The molecule has 1 aromatic carbocycles. The van der Waals surface area contributed by atoms with Gasteiger partial charge in [0.2, 0.25) is 0 Å². The van der Waals surface area contributed by atoms with E-state index in [9.17, 15) is 9.90 Å². The predicted octanol–water partition coefficient (Wildman–Crippen LogP) is 1.75. The summed E-state index contributed by atoms with van der Waals surface area (Å²) in [5.41, 5.74) is 2.54. The molecule has 0 aromatic heterocycles. The summed E-state index contributed by atoms with van der Waals surface area (Å²) in [6.45, 7) is 0.739. The second kappa shape index (κ2) is 4.85. The lowest BCUT2D eigenvalue weighted by atomic mass is 10.1. The maximum atomic E-state index is 11.9. The molecule has 0 heterocycles. The third kappa shape index (κ3) is 2.59. The summed E-state index contributed by atoms with van der Waals surface area (Å²) in [6.07, 6.45) is 4.02. The molecular weight excluding hydrogens is 240 g/mol. The lowest BCUT2D eigenvalue weighted by molar-refractivity contribution is 0.202. The van der Waals surface area contributed by atoms with Crippen molar-refractivity contribution in [1.82, 2.24) is 10.6 Å². The molecule has 102 valence electrons. The number of hydrogen-bond donors (Lipinski definition) is 3. The van der Waals surface area contributed by atoms with E-state index in [0.29, 0.717) is 6.54 Å². The Hall–Kier alpha value is -1.55. The van der Waals surface area contributed by atoms with E-state index >= 15 is 0 Å². The average Bonchev–Trinajstić information content (AvgIpc) is 3.13. The number of urea groups is 1. The molecule has 1 aromatic rings. The molecule has 2 amide bonds. The molecule has 0 aliphatic heterocycles. The number of aryl methyl sites for hydroxylation is 1. The van der Waals surface area contributed by atoms with Crippen LogP contribution in [0, 0.1) is 5.41 Å². The summed E-state index contributed by atoms with van der Waals surface area (Å²) in [5, 5.41) is 15.1. The fraction of sp³-hybridized carbons (Fsp3) is 0.533. The Morgan fingerprint density at radius 1 is 1.37 bits per heavy atom. The summed E-state index contributed by atoms with van der Waals surface area (Å²) >= 11 is 0. The van der Waals surface area contributed by atoms with Gasteiger partial charge in [0.15, 0.2) is 0 Å². The van der Waals surface area contributed by atoms with E-state index in [-0.39, 0.29) is 24.1 Å². The maximum absolute atomic E-state index is 11.9. The summed E-state index contributed by atoms with van der Waals surface area (Å²) in [7, 11) is 0. The van der Waals surface area contributed by atoms with Gasteiger partial charge in [0.05, 0.1) is 12.6 Å². The lowest BCUT2D eigenvalue weighted by Crippen LogP contribution is -2.40. The minimum Gasteiger partial charge on any atom is -0.396 e. The first kappa shape index (κ1) is 12.5. The highest BCUT2D eigenvalue weighted by molar-refractivity contribution is 5.74. The Morgan fingerprint density at radius 2 is 2.16 bits per heavy atom. The second-order valence-corrected chi connectivity index (χ2v) is 5.78. The number of rotatable bonds is 4. The van der Waals surface area contributed by atoms with Gasteiger partial charge in [0.1, 0.15) is 0 Å². The smallest absolute Gasteiger partial charge is 0.315 e. The number of aliphatic hydroxyl groups excluding tert-OH is 1. The highest BCUT2D eigenvalue weighted by Gasteiger charge is 2.42. The zero-order valence-electron chi connectivity index (χ0n) is 11.0. The zero-order chi connectivity index (χ0) is 13.3. The molecule has 0 spiro atoms. The Balaban J connectivity index is 1.53. The van der Waals surface area contributed by atoms with Crippen LogP contribution in [0.2, 0.25) is 0 Å². The molecule has 3 N–H and O–H groups in total. The van der Waals surface area contributed by atoms with Crippen LogP contribution in [0.3, 0.4) is 0 Å². The topological polar surface area (TPSA) is 61.4 Å². The normalized spacial score (nSPS) is 22.7. The van der Waals surface area contributed by atoms with Gasteiger partial charge >= 0.3 is 6.03 Å². The largest absolute Gasteiger partial charge is 0.396 e. The molecule has 1 saturated carbocycles. The maximum Gasteiger partial charge on any atom is 0.315 e. The molecule has 0 saturated heterocycles. The Labute approximate surface area is 113 Å². The molecular formula is C15H20N2O2. The first-order valence-electron chi connectivity index (χ1n) is 6.95. The number of carbonyl (C=O) groups is 1. The Morgan fingerprint density at radius 3 is 2.89 bits per heavy atom. The third-order valence-corrected chi connectivity index (χ3v) is 4.35. The van der Waals surface area contributed by atoms with Crippen LogP contribution >= 0.6 is 0 Å². The van der Waals surface area contributed by atoms with Gasteiger partial charge in [-0.2, -0.15) is 0 Å². The minimum atomic E-state index is -0.124. The van der Waals surface area contributed by atoms with E-state index in [1.54, 1.807) is 0 Å². The molecule has 3 rings (SSSR count). The molecule has 2 aliphatic rings. The van der Waals surface area contributed by atoms with E-state index in [2.05, 4.69) is 22.8 Å². The van der Waals surface area contributed by atoms with Gasteiger partial charge in [-0.15, -0.1) is 0 Å². The summed E-state index contributed by atoms with van der Waals surface area (Å²) in [6, 6.07) is 8.27. The zero-order valence-corrected chi connectivity index (χ0v) is 11.0. The highest BCUT2D eigenvalue weighted by Crippen LogP contribution is 2.44. The number of amides is 2. The van der Waals surface area contributed by atoms with E-state index < -0.39 is 0 Å². The fourth-order valence-corrected chi connectivity index (χ4v) is 2.75. The Bertz CT molecular complexity index is 483. The van der Waals surface area contributed by atoms with Crippen LogP contribution in [0.5, 0.6) is 0 Å². The first-order chi connectivity index (χ1) is 9.22. The first-order valence-corrected chi connectivity index (χ1v) is 6.95. The van der Waals surface area contributed by atoms with Gasteiger partial charge in [-0.1, -0.05) is 24.3 Å². The Kier molecular flexibility index (Phi) is 3.19. The predicted molar refractivity (Wildman–Crippen MR) is 72.8 cm³/mol. The van der Waals surface area contributed by atoms with Crippen molar-refractivity contribution in [2.45, 2.75) is 31.7 Å². The van der Waals surface area contributed by atoms with Crippen molar-refractivity contribution in [2.75, 3.05) is 13.2 Å². The highest BCUT2D eigenvalue weighted by atomic mass is 16.3. The number of aliphatic hydroxyl groups is 1. The van der Waals surface area contributed by atoms with Crippen LogP contribution in [-0.4, -0.2) is 24.3 Å². The lowest BCUT2D eigenvalue weighted by Gasteiger charge is -2.17. The summed E-state index contributed by atoms with van der Waals surface area (Å²) in [4.78, 5) is 11.9. The summed E-state index contributed by atoms with van der Waals surface area (Å²) in [5.74, 6) is 0. The van der Waals surface area contributed by atoms with E-state index in [1.807, 2.05) is 12.1 Å². The van der Waals surface area contributed by atoms with Crippen LogP contribution in [0.1, 0.15) is 36.4 Å². The number of nitrogens with one attached hydrogen (secondary N) is 2. The fourth-order valence-electron chi connectivity index (χ4n) is 2.75. The van der Waals surface area contributed by atoms with E-state index in [4.69, 9.17) is 0 Å². The van der Waals surface area contributed by atoms with Crippen LogP contribution < -0.4 is 10.6 Å². The van der Waals surface area contributed by atoms with Crippen molar-refractivity contribution in [3.63, 3.8) is 0 Å². The van der Waals surface area contributed by atoms with Crippen LogP contribution in [0.4, 0.5) is 4.79 Å². The van der Waals surface area contributed by atoms with E-state index in [1.165, 1.54) is 11.1 Å². The van der Waals surface area contributed by atoms with Gasteiger partial charge < -0.3 is 15.7 Å². The minimum absolute atomic E-state index is 0.0368. The van der Waals surface area contributed by atoms with Crippen LogP contribution in [-0.2, 0) is 6.42 Å². The molecule has 19 heavy (non-hydrogen) atoms. The van der Waals surface area contributed by atoms with Gasteiger partial charge in [0, 0.05) is 12.0 Å². The van der Waals surface area contributed by atoms with Crippen molar-refractivity contribution in [3.8, 4) is 0 Å². The van der Waals surface area contributed by atoms with Crippen molar-refractivity contribution >= 4 is 6.03 Å². The summed E-state index contributed by atoms with van der Waals surface area (Å²) < 4.78 is 0. The SMILES string of the molecule is O=C(NCC1(CO)CC1)NC1CCc2ccccc21. The van der Waals surface area contributed by atoms with Crippen molar-refractivity contribution in [1.29, 1.82) is 0 Å². The molecule has 4 nitrogen and oxygen atoms in total. The number of hydrogen-bond acceptors (Lipinski definition) is 2. The monoisotopic (exact) mass is 260 g/mol. The second-order valence-electron chi connectivity index (χ2n) is 5.78. The van der Waals surface area contributed by atoms with Gasteiger partial charge in [-0.3, -0.25) is 0 Å². The van der Waals surface area contributed by atoms with Crippen LogP contribution in [0.25, 0.3) is 0 Å². The van der Waals surface area contributed by atoms with Crippen molar-refractivity contribution < 1.29 is 9.90 Å². The average molecular weight is 260 g/mol. The van der Waals surface area contributed by atoms with Crippen LogP contribution in [0.15, 0.2) is 24.3 Å². The standard InChI is InChI=1S/C15H20N2O2/c18-10-15(7-8-15)9-16-14(19)17-13-6-5-11-3-1-2-4-12(11)13/h1-4,13,18H,5-10H2,(H2,16,17,19).